The molecule has 0 fully saturated rings. The van der Waals surface area contributed by atoms with Crippen LogP contribution in [0.25, 0.3) is 0 Å². The Balaban J connectivity index is 2.30. The number of anilines is 2. The van der Waals surface area contributed by atoms with E-state index in [1.165, 1.54) is 0 Å². The van der Waals surface area contributed by atoms with E-state index in [0.717, 1.165) is 49.7 Å². The van der Waals surface area contributed by atoms with E-state index >= 15 is 0 Å². The minimum atomic E-state index is -4.86. The Morgan fingerprint density at radius 2 is 1.13 bits per heavy atom. The highest BCUT2D eigenvalue weighted by Gasteiger charge is 2.31. The Morgan fingerprint density at radius 1 is 0.718 bits per heavy atom. The zero-order valence-electron chi connectivity index (χ0n) is 22.6. The highest BCUT2D eigenvalue weighted by Crippen LogP contribution is 2.40. The standard InChI is InChI=1S/C28H36N2O7S2/c1-5-29(6-2)22-13-9-20(10-14-22)28(21-11-15-23(16-12-21)30(7-3)8-4)24-19-25(31)27(39(35,36)37)18-17-26(24)38(32,33)34/h9-16,18-19,28,31H,5-8,17H2,1-4H3,(H,32,33,34)(H,35,36,37). The fourth-order valence-corrected chi connectivity index (χ4v) is 6.31. The second kappa shape index (κ2) is 12.4. The summed E-state index contributed by atoms with van der Waals surface area (Å²) in [5.74, 6) is -1.62. The summed E-state index contributed by atoms with van der Waals surface area (Å²) in [4.78, 5) is 3.00. The minimum Gasteiger partial charge on any atom is -0.506 e. The Labute approximate surface area is 231 Å². The second-order valence-corrected chi connectivity index (χ2v) is 11.9. The zero-order chi connectivity index (χ0) is 29.0. The van der Waals surface area contributed by atoms with Crippen LogP contribution in [0.2, 0.25) is 0 Å². The predicted molar refractivity (Wildman–Crippen MR) is 155 cm³/mol. The van der Waals surface area contributed by atoms with Crippen molar-refractivity contribution in [3.63, 3.8) is 0 Å². The highest BCUT2D eigenvalue weighted by atomic mass is 32.2. The summed E-state index contributed by atoms with van der Waals surface area (Å²) < 4.78 is 68.7. The van der Waals surface area contributed by atoms with Crippen LogP contribution in [0.5, 0.6) is 0 Å². The van der Waals surface area contributed by atoms with E-state index in [0.29, 0.717) is 11.1 Å². The molecule has 2 aromatic carbocycles. The van der Waals surface area contributed by atoms with Crippen LogP contribution in [-0.4, -0.2) is 57.2 Å². The molecule has 0 amide bonds. The molecule has 1 aliphatic rings. The van der Waals surface area contributed by atoms with Gasteiger partial charge in [0.1, 0.15) is 10.7 Å². The first kappa shape index (κ1) is 30.4. The summed E-state index contributed by atoms with van der Waals surface area (Å²) >= 11 is 0. The van der Waals surface area contributed by atoms with Crippen LogP contribution in [0.15, 0.2) is 81.8 Å². The molecule has 0 aliphatic heterocycles. The molecular weight excluding hydrogens is 540 g/mol. The summed E-state index contributed by atoms with van der Waals surface area (Å²) in [5, 5.41) is 10.7. The Bertz CT molecular complexity index is 1410. The van der Waals surface area contributed by atoms with Gasteiger partial charge in [-0.3, -0.25) is 9.11 Å². The van der Waals surface area contributed by atoms with Crippen LogP contribution in [0.4, 0.5) is 11.4 Å². The van der Waals surface area contributed by atoms with Gasteiger partial charge in [0.15, 0.2) is 0 Å². The lowest BCUT2D eigenvalue weighted by Gasteiger charge is -2.26. The van der Waals surface area contributed by atoms with Gasteiger partial charge in [-0.1, -0.05) is 30.3 Å². The largest absolute Gasteiger partial charge is 0.506 e. The van der Waals surface area contributed by atoms with Crippen molar-refractivity contribution in [2.24, 2.45) is 0 Å². The van der Waals surface area contributed by atoms with Gasteiger partial charge in [-0.05, 0) is 74.7 Å². The first-order valence-electron chi connectivity index (χ1n) is 12.8. The SMILES string of the molecule is CCN(CC)c1ccc(C(C2=C(S(=O)(=O)O)CC=C(S(=O)(=O)O)C(O)=C2)c2ccc(N(CC)CC)cc2)cc1. The van der Waals surface area contributed by atoms with Crippen LogP contribution < -0.4 is 9.80 Å². The van der Waals surface area contributed by atoms with Crippen molar-refractivity contribution in [3.05, 3.63) is 93.0 Å². The minimum absolute atomic E-state index is 0.00363. The molecule has 0 radical (unpaired) electrons. The first-order valence-corrected chi connectivity index (χ1v) is 15.7. The molecule has 9 nitrogen and oxygen atoms in total. The maximum atomic E-state index is 12.6. The number of aliphatic hydroxyl groups is 1. The topological polar surface area (TPSA) is 135 Å². The Kier molecular flexibility index (Phi) is 9.65. The van der Waals surface area contributed by atoms with Crippen LogP contribution in [-0.2, 0) is 20.2 Å². The monoisotopic (exact) mass is 576 g/mol. The fourth-order valence-electron chi connectivity index (χ4n) is 4.93. The number of hydrogen-bond acceptors (Lipinski definition) is 7. The average molecular weight is 577 g/mol. The third-order valence-corrected chi connectivity index (χ3v) is 8.91. The van der Waals surface area contributed by atoms with Crippen molar-refractivity contribution in [1.82, 2.24) is 0 Å². The van der Waals surface area contributed by atoms with Gasteiger partial charge in [0.05, 0.1) is 4.91 Å². The molecule has 0 spiro atoms. The van der Waals surface area contributed by atoms with Gasteiger partial charge in [-0.25, -0.2) is 0 Å². The van der Waals surface area contributed by atoms with Gasteiger partial charge >= 0.3 is 0 Å². The van der Waals surface area contributed by atoms with Gasteiger partial charge < -0.3 is 14.9 Å². The fraction of sp³-hybridized carbons (Fsp3) is 0.357. The smallest absolute Gasteiger partial charge is 0.297 e. The van der Waals surface area contributed by atoms with E-state index in [1.54, 1.807) is 0 Å². The molecule has 11 heteroatoms. The molecule has 1 aliphatic carbocycles. The quantitative estimate of drug-likeness (QED) is 0.306. The van der Waals surface area contributed by atoms with Crippen molar-refractivity contribution in [3.8, 4) is 0 Å². The van der Waals surface area contributed by atoms with Gasteiger partial charge in [0.2, 0.25) is 0 Å². The normalized spacial score (nSPS) is 14.6. The Morgan fingerprint density at radius 3 is 1.46 bits per heavy atom. The second-order valence-electron chi connectivity index (χ2n) is 9.09. The maximum absolute atomic E-state index is 12.6. The molecule has 0 heterocycles. The first-order chi connectivity index (χ1) is 18.3. The molecule has 2 aromatic rings. The maximum Gasteiger partial charge on any atom is 0.297 e. The van der Waals surface area contributed by atoms with Gasteiger partial charge in [0, 0.05) is 49.9 Å². The number of aliphatic hydroxyl groups excluding tert-OH is 1. The summed E-state index contributed by atoms with van der Waals surface area (Å²) in [6.45, 7) is 11.4. The molecular formula is C28H36N2O7S2. The van der Waals surface area contributed by atoms with E-state index in [-0.39, 0.29) is 5.57 Å². The molecule has 39 heavy (non-hydrogen) atoms. The van der Waals surface area contributed by atoms with Crippen molar-refractivity contribution < 1.29 is 31.0 Å². The molecule has 0 saturated heterocycles. The third-order valence-electron chi connectivity index (χ3n) is 6.95. The number of rotatable bonds is 11. The summed E-state index contributed by atoms with van der Waals surface area (Å²) in [6, 6.07) is 15.0. The third kappa shape index (κ3) is 6.91. The number of hydrogen-bond donors (Lipinski definition) is 3. The molecule has 3 rings (SSSR count). The molecule has 0 aromatic heterocycles. The zero-order valence-corrected chi connectivity index (χ0v) is 24.2. The van der Waals surface area contributed by atoms with E-state index < -0.39 is 48.1 Å². The van der Waals surface area contributed by atoms with E-state index in [1.807, 2.05) is 76.2 Å². The predicted octanol–water partition coefficient (Wildman–Crippen LogP) is 5.27. The van der Waals surface area contributed by atoms with Crippen molar-refractivity contribution in [2.45, 2.75) is 40.0 Å². The summed E-state index contributed by atoms with van der Waals surface area (Å²) in [5.41, 5.74) is 3.26. The van der Waals surface area contributed by atoms with Gasteiger partial charge in [-0.2, -0.15) is 16.8 Å². The molecule has 0 unspecified atom stereocenters. The van der Waals surface area contributed by atoms with Gasteiger partial charge in [0.25, 0.3) is 20.2 Å². The average Bonchev–Trinajstić information content (AvgIpc) is 3.06. The van der Waals surface area contributed by atoms with Crippen LogP contribution in [0.3, 0.4) is 0 Å². The van der Waals surface area contributed by atoms with Crippen molar-refractivity contribution >= 4 is 31.6 Å². The highest BCUT2D eigenvalue weighted by molar-refractivity contribution is 7.90. The van der Waals surface area contributed by atoms with E-state index in [2.05, 4.69) is 9.80 Å². The van der Waals surface area contributed by atoms with Crippen molar-refractivity contribution in [2.75, 3.05) is 36.0 Å². The van der Waals surface area contributed by atoms with Crippen LogP contribution >= 0.6 is 0 Å². The van der Waals surface area contributed by atoms with E-state index in [4.69, 9.17) is 0 Å². The van der Waals surface area contributed by atoms with Gasteiger partial charge in [-0.15, -0.1) is 0 Å². The molecule has 3 N–H and O–H groups in total. The molecule has 0 bridgehead atoms. The van der Waals surface area contributed by atoms with Crippen LogP contribution in [0.1, 0.15) is 51.2 Å². The number of benzene rings is 2. The summed E-state index contributed by atoms with van der Waals surface area (Å²) in [6.07, 6.45) is 1.33. The summed E-state index contributed by atoms with van der Waals surface area (Å²) in [7, 11) is -9.68. The molecule has 0 atom stereocenters. The van der Waals surface area contributed by atoms with E-state index in [9.17, 15) is 31.0 Å². The lowest BCUT2D eigenvalue weighted by molar-refractivity contribution is 0.421. The lowest BCUT2D eigenvalue weighted by Crippen LogP contribution is -2.22. The molecule has 0 saturated carbocycles. The Hall–Kier alpha value is -3.12. The number of nitrogens with zero attached hydrogens (tertiary/aromatic N) is 2. The number of allylic oxidation sites excluding steroid dienone is 4. The molecule has 212 valence electrons. The van der Waals surface area contributed by atoms with Crippen LogP contribution in [0, 0.1) is 0 Å². The lowest BCUT2D eigenvalue weighted by atomic mass is 9.83. The van der Waals surface area contributed by atoms with Crippen molar-refractivity contribution in [1.29, 1.82) is 0 Å².